The van der Waals surface area contributed by atoms with E-state index in [9.17, 15) is 9.90 Å². The number of Topliss-reactive ketones (excluding diaryl/α,β-unsaturated/α-hetero) is 1. The Labute approximate surface area is 85.7 Å². The van der Waals surface area contributed by atoms with E-state index < -0.39 is 0 Å². The fourth-order valence-electron chi connectivity index (χ4n) is 3.46. The van der Waals surface area contributed by atoms with Gasteiger partial charge in [-0.2, -0.15) is 0 Å². The lowest BCUT2D eigenvalue weighted by Crippen LogP contribution is -2.50. The molecule has 0 aliphatic heterocycles. The van der Waals surface area contributed by atoms with Crippen LogP contribution in [0.2, 0.25) is 0 Å². The van der Waals surface area contributed by atoms with Gasteiger partial charge in [-0.05, 0) is 30.6 Å². The van der Waals surface area contributed by atoms with Crippen molar-refractivity contribution in [3.63, 3.8) is 0 Å². The van der Waals surface area contributed by atoms with Gasteiger partial charge >= 0.3 is 0 Å². The van der Waals surface area contributed by atoms with Crippen molar-refractivity contribution in [1.29, 1.82) is 0 Å². The van der Waals surface area contributed by atoms with Crippen LogP contribution in [0, 0.1) is 17.3 Å². The average molecular weight is 196 g/mol. The summed E-state index contributed by atoms with van der Waals surface area (Å²) in [5.41, 5.74) is 0.0194. The minimum atomic E-state index is -0.184. The lowest BCUT2D eigenvalue weighted by molar-refractivity contribution is -0.140. The van der Waals surface area contributed by atoms with E-state index >= 15 is 0 Å². The lowest BCUT2D eigenvalue weighted by Gasteiger charge is -2.50. The molecule has 0 aromatic rings. The predicted molar refractivity (Wildman–Crippen MR) is 54.9 cm³/mol. The Balaban J connectivity index is 2.25. The highest BCUT2D eigenvalue weighted by Crippen LogP contribution is 2.51. The number of carbonyl (C=O) groups excluding carboxylic acids is 1. The molecular formula is C12H20O2. The Morgan fingerprint density at radius 2 is 2.14 bits per heavy atom. The van der Waals surface area contributed by atoms with Crippen LogP contribution >= 0.6 is 0 Å². The molecule has 0 saturated heterocycles. The highest BCUT2D eigenvalue weighted by Gasteiger charge is 2.49. The number of fused-ring (bicyclic) bond motifs is 1. The summed E-state index contributed by atoms with van der Waals surface area (Å²) in [7, 11) is 0. The number of aliphatic hydroxyl groups is 1. The minimum Gasteiger partial charge on any atom is -0.393 e. The second kappa shape index (κ2) is 3.34. The molecule has 2 fully saturated rings. The fraction of sp³-hybridized carbons (Fsp3) is 0.917. The van der Waals surface area contributed by atoms with E-state index in [1.165, 1.54) is 0 Å². The van der Waals surface area contributed by atoms with Gasteiger partial charge in [0, 0.05) is 12.3 Å². The molecule has 14 heavy (non-hydrogen) atoms. The number of carbonyl (C=O) groups is 1. The van der Waals surface area contributed by atoms with Crippen molar-refractivity contribution < 1.29 is 9.90 Å². The minimum absolute atomic E-state index is 0.0194. The fourth-order valence-corrected chi connectivity index (χ4v) is 3.46. The van der Waals surface area contributed by atoms with Crippen molar-refractivity contribution in [3.05, 3.63) is 0 Å². The van der Waals surface area contributed by atoms with Gasteiger partial charge in [0.2, 0.25) is 0 Å². The molecule has 0 bridgehead atoms. The Bertz CT molecular complexity index is 249. The van der Waals surface area contributed by atoms with Crippen LogP contribution in [0.5, 0.6) is 0 Å². The highest BCUT2D eigenvalue weighted by molar-refractivity contribution is 5.82. The molecule has 4 atom stereocenters. The van der Waals surface area contributed by atoms with Gasteiger partial charge in [0.1, 0.15) is 5.78 Å². The molecule has 0 spiro atoms. The third kappa shape index (κ3) is 1.31. The number of ketones is 1. The van der Waals surface area contributed by atoms with E-state index in [4.69, 9.17) is 0 Å². The molecule has 0 heterocycles. The van der Waals surface area contributed by atoms with E-state index in [1.54, 1.807) is 0 Å². The third-order valence-electron chi connectivity index (χ3n) is 4.62. The van der Waals surface area contributed by atoms with Gasteiger partial charge in [-0.3, -0.25) is 4.79 Å². The SMILES string of the molecule is CC1C(=O)CC[C@@]2(C)[C@H](O)CCC[C@H]12. The monoisotopic (exact) mass is 196 g/mol. The van der Waals surface area contributed by atoms with Gasteiger partial charge < -0.3 is 5.11 Å². The van der Waals surface area contributed by atoms with Gasteiger partial charge in [0.25, 0.3) is 0 Å². The number of rotatable bonds is 0. The van der Waals surface area contributed by atoms with Gasteiger partial charge in [0.05, 0.1) is 6.10 Å². The van der Waals surface area contributed by atoms with Crippen LogP contribution in [0.3, 0.4) is 0 Å². The molecule has 1 N–H and O–H groups in total. The molecule has 2 rings (SSSR count). The predicted octanol–water partition coefficient (Wildman–Crippen LogP) is 2.15. The second-order valence-corrected chi connectivity index (χ2v) is 5.31. The first-order valence-electron chi connectivity index (χ1n) is 5.76. The average Bonchev–Trinajstić information content (AvgIpc) is 2.16. The number of aliphatic hydroxyl groups excluding tert-OH is 1. The van der Waals surface area contributed by atoms with Crippen molar-refractivity contribution >= 4 is 5.78 Å². The number of hydrogen-bond donors (Lipinski definition) is 1. The van der Waals surface area contributed by atoms with Crippen LogP contribution in [-0.4, -0.2) is 17.0 Å². The normalized spacial score (nSPS) is 48.8. The molecule has 1 unspecified atom stereocenters. The van der Waals surface area contributed by atoms with Gasteiger partial charge in [0.15, 0.2) is 0 Å². The van der Waals surface area contributed by atoms with Crippen LogP contribution in [0.4, 0.5) is 0 Å². The molecule has 2 saturated carbocycles. The second-order valence-electron chi connectivity index (χ2n) is 5.31. The first-order chi connectivity index (χ1) is 6.55. The van der Waals surface area contributed by atoms with Crippen molar-refractivity contribution in [2.75, 3.05) is 0 Å². The van der Waals surface area contributed by atoms with E-state index in [2.05, 4.69) is 6.92 Å². The van der Waals surface area contributed by atoms with E-state index in [0.717, 1.165) is 25.7 Å². The van der Waals surface area contributed by atoms with Crippen LogP contribution in [-0.2, 0) is 4.79 Å². The summed E-state index contributed by atoms with van der Waals surface area (Å²) in [4.78, 5) is 11.6. The molecule has 0 radical (unpaired) electrons. The van der Waals surface area contributed by atoms with Crippen molar-refractivity contribution in [3.8, 4) is 0 Å². The van der Waals surface area contributed by atoms with Crippen LogP contribution in [0.15, 0.2) is 0 Å². The smallest absolute Gasteiger partial charge is 0.136 e. The van der Waals surface area contributed by atoms with Crippen molar-refractivity contribution in [1.82, 2.24) is 0 Å². The number of hydrogen-bond acceptors (Lipinski definition) is 2. The first-order valence-corrected chi connectivity index (χ1v) is 5.76. The summed E-state index contributed by atoms with van der Waals surface area (Å²) in [5, 5.41) is 10.1. The summed E-state index contributed by atoms with van der Waals surface area (Å²) in [6.07, 6.45) is 4.51. The summed E-state index contributed by atoms with van der Waals surface area (Å²) < 4.78 is 0. The molecule has 80 valence electrons. The molecule has 2 aliphatic rings. The zero-order chi connectivity index (χ0) is 10.3. The molecule has 2 nitrogen and oxygen atoms in total. The molecule has 2 aliphatic carbocycles. The quantitative estimate of drug-likeness (QED) is 0.644. The van der Waals surface area contributed by atoms with Crippen molar-refractivity contribution in [2.45, 2.75) is 52.1 Å². The Kier molecular flexibility index (Phi) is 2.42. The van der Waals surface area contributed by atoms with Gasteiger partial charge in [-0.1, -0.05) is 20.3 Å². The van der Waals surface area contributed by atoms with Crippen LogP contribution in [0.25, 0.3) is 0 Å². The Morgan fingerprint density at radius 3 is 2.86 bits per heavy atom. The molecule has 0 amide bonds. The summed E-state index contributed by atoms with van der Waals surface area (Å²) in [6, 6.07) is 0. The van der Waals surface area contributed by atoms with Crippen molar-refractivity contribution in [2.24, 2.45) is 17.3 Å². The molecule has 2 heteroatoms. The Morgan fingerprint density at radius 1 is 1.43 bits per heavy atom. The van der Waals surface area contributed by atoms with Crippen LogP contribution in [0.1, 0.15) is 46.0 Å². The standard InChI is InChI=1S/C12H20O2/c1-8-9-4-3-5-11(14)12(9,2)7-6-10(8)13/h8-9,11,14H,3-7H2,1-2H3/t8?,9-,11-,12-/m1/s1. The summed E-state index contributed by atoms with van der Waals surface area (Å²) in [6.45, 7) is 4.22. The van der Waals surface area contributed by atoms with E-state index in [1.807, 2.05) is 6.92 Å². The van der Waals surface area contributed by atoms with Crippen LogP contribution < -0.4 is 0 Å². The summed E-state index contributed by atoms with van der Waals surface area (Å²) in [5.74, 6) is 0.998. The maximum atomic E-state index is 11.6. The third-order valence-corrected chi connectivity index (χ3v) is 4.62. The zero-order valence-electron chi connectivity index (χ0n) is 9.12. The first kappa shape index (κ1) is 10.2. The van der Waals surface area contributed by atoms with Gasteiger partial charge in [-0.15, -0.1) is 0 Å². The Hall–Kier alpha value is -0.370. The highest BCUT2D eigenvalue weighted by atomic mass is 16.3. The zero-order valence-corrected chi connectivity index (χ0v) is 9.12. The lowest BCUT2D eigenvalue weighted by atomic mass is 9.55. The molecular weight excluding hydrogens is 176 g/mol. The molecule has 0 aromatic heterocycles. The summed E-state index contributed by atoms with van der Waals surface area (Å²) >= 11 is 0. The maximum Gasteiger partial charge on any atom is 0.136 e. The van der Waals surface area contributed by atoms with E-state index in [0.29, 0.717) is 18.1 Å². The van der Waals surface area contributed by atoms with Gasteiger partial charge in [-0.25, -0.2) is 0 Å². The largest absolute Gasteiger partial charge is 0.393 e. The van der Waals surface area contributed by atoms with E-state index in [-0.39, 0.29) is 17.4 Å². The molecule has 0 aromatic carbocycles. The topological polar surface area (TPSA) is 37.3 Å². The maximum absolute atomic E-state index is 11.6.